The van der Waals surface area contributed by atoms with Gasteiger partial charge >= 0.3 is 0 Å². The molecule has 2 saturated carbocycles. The van der Waals surface area contributed by atoms with Gasteiger partial charge in [-0.1, -0.05) is 60.1 Å². The van der Waals surface area contributed by atoms with Crippen LogP contribution in [0.2, 0.25) is 5.02 Å². The zero-order valence-electron chi connectivity index (χ0n) is 20.9. The van der Waals surface area contributed by atoms with Gasteiger partial charge in [-0.25, -0.2) is 0 Å². The maximum absolute atomic E-state index is 13.4. The lowest BCUT2D eigenvalue weighted by atomic mass is 9.97. The SMILES string of the molecule is Cc1nnc2n1-c1sc3c(c1C(c1ccccc1Cl)=NC21CC1)C[C@H](C(=O)N[C@H]1C[C@@H]1c1ccccc1)C3. The van der Waals surface area contributed by atoms with E-state index in [4.69, 9.17) is 16.6 Å². The zero-order valence-corrected chi connectivity index (χ0v) is 22.5. The minimum atomic E-state index is -0.352. The molecule has 1 aliphatic heterocycles. The summed E-state index contributed by atoms with van der Waals surface area (Å²) in [6, 6.07) is 18.7. The predicted octanol–water partition coefficient (Wildman–Crippen LogP) is 5.52. The molecule has 3 aliphatic carbocycles. The van der Waals surface area contributed by atoms with Crippen LogP contribution in [0.5, 0.6) is 0 Å². The van der Waals surface area contributed by atoms with E-state index in [1.54, 1.807) is 11.3 Å². The molecule has 0 saturated heterocycles. The normalized spacial score (nSPS) is 23.7. The molecule has 1 amide bonds. The monoisotopic (exact) mass is 539 g/mol. The van der Waals surface area contributed by atoms with Crippen LogP contribution in [-0.2, 0) is 23.2 Å². The van der Waals surface area contributed by atoms with E-state index >= 15 is 0 Å². The van der Waals surface area contributed by atoms with Crippen molar-refractivity contribution in [3.63, 3.8) is 0 Å². The second-order valence-electron chi connectivity index (χ2n) is 11.0. The van der Waals surface area contributed by atoms with Gasteiger partial charge in [-0.15, -0.1) is 21.5 Å². The van der Waals surface area contributed by atoms with Gasteiger partial charge in [0.2, 0.25) is 5.91 Å². The molecule has 2 aromatic carbocycles. The largest absolute Gasteiger partial charge is 0.352 e. The van der Waals surface area contributed by atoms with Crippen LogP contribution in [0.25, 0.3) is 5.00 Å². The summed E-state index contributed by atoms with van der Waals surface area (Å²) >= 11 is 8.52. The molecule has 8 rings (SSSR count). The standard InChI is InChI=1S/C30H26ClN5OS/c1-16-34-35-29-30(11-12-30)33-26(19-9-5-6-10-22(19)31)25-21-13-18(14-24(21)38-28(25)36(16)29)27(37)32-23-15-20(23)17-7-3-2-4-8-17/h2-10,18,20,23H,11-15H2,1H3,(H,32,37)/t18-,20+,23-/m0/s1. The molecule has 0 radical (unpaired) electrons. The molecule has 1 N–H and O–H groups in total. The molecule has 1 spiro atoms. The highest BCUT2D eigenvalue weighted by Gasteiger charge is 2.52. The number of thiophene rings is 1. The van der Waals surface area contributed by atoms with Crippen LogP contribution < -0.4 is 5.32 Å². The molecular weight excluding hydrogens is 514 g/mol. The number of benzene rings is 2. The van der Waals surface area contributed by atoms with Crippen LogP contribution in [0.4, 0.5) is 0 Å². The van der Waals surface area contributed by atoms with Crippen LogP contribution >= 0.6 is 22.9 Å². The van der Waals surface area contributed by atoms with Crippen molar-refractivity contribution in [3.8, 4) is 5.00 Å². The van der Waals surface area contributed by atoms with Gasteiger partial charge in [-0.2, -0.15) is 0 Å². The first-order chi connectivity index (χ1) is 18.5. The van der Waals surface area contributed by atoms with Crippen molar-refractivity contribution in [3.05, 3.63) is 98.4 Å². The third-order valence-electron chi connectivity index (χ3n) is 8.53. The Balaban J connectivity index is 1.16. The molecule has 6 nitrogen and oxygen atoms in total. The molecule has 190 valence electrons. The average molecular weight is 540 g/mol. The molecule has 4 aliphatic rings. The highest BCUT2D eigenvalue weighted by molar-refractivity contribution is 7.15. The second-order valence-corrected chi connectivity index (χ2v) is 12.5. The maximum atomic E-state index is 13.4. The Morgan fingerprint density at radius 1 is 1.08 bits per heavy atom. The molecule has 3 atom stereocenters. The molecule has 38 heavy (non-hydrogen) atoms. The summed E-state index contributed by atoms with van der Waals surface area (Å²) in [7, 11) is 0. The van der Waals surface area contributed by atoms with Crippen LogP contribution in [0.3, 0.4) is 0 Å². The van der Waals surface area contributed by atoms with Gasteiger partial charge in [0, 0.05) is 38.9 Å². The summed E-state index contributed by atoms with van der Waals surface area (Å²) in [5, 5.41) is 14.2. The first kappa shape index (κ1) is 22.7. The van der Waals surface area contributed by atoms with Crippen LogP contribution in [0.1, 0.15) is 64.0 Å². The molecule has 2 fully saturated rings. The van der Waals surface area contributed by atoms with E-state index in [0.717, 1.165) is 59.2 Å². The summed E-state index contributed by atoms with van der Waals surface area (Å²) < 4.78 is 2.21. The fourth-order valence-corrected chi connectivity index (χ4v) is 7.94. The molecule has 4 aromatic rings. The highest BCUT2D eigenvalue weighted by atomic mass is 35.5. The van der Waals surface area contributed by atoms with E-state index in [9.17, 15) is 4.79 Å². The number of amides is 1. The van der Waals surface area contributed by atoms with Crippen LogP contribution in [0, 0.1) is 12.8 Å². The molecule has 8 heteroatoms. The van der Waals surface area contributed by atoms with E-state index in [0.29, 0.717) is 17.4 Å². The van der Waals surface area contributed by atoms with Crippen molar-refractivity contribution in [2.75, 3.05) is 0 Å². The number of nitrogens with one attached hydrogen (secondary N) is 1. The van der Waals surface area contributed by atoms with Crippen molar-refractivity contribution >= 4 is 34.6 Å². The summed E-state index contributed by atoms with van der Waals surface area (Å²) in [6.07, 6.45) is 4.37. The number of carbonyl (C=O) groups is 1. The van der Waals surface area contributed by atoms with Gasteiger partial charge in [0.1, 0.15) is 16.4 Å². The van der Waals surface area contributed by atoms with Crippen molar-refractivity contribution in [1.29, 1.82) is 0 Å². The van der Waals surface area contributed by atoms with Gasteiger partial charge in [0.15, 0.2) is 5.82 Å². The molecular formula is C30H26ClN5OS. The Morgan fingerprint density at radius 3 is 2.66 bits per heavy atom. The number of fused-ring (bicyclic) bond motifs is 6. The summed E-state index contributed by atoms with van der Waals surface area (Å²) in [6.45, 7) is 2.01. The average Bonchev–Trinajstić information content (AvgIpc) is 3.75. The Kier molecular flexibility index (Phi) is 4.84. The van der Waals surface area contributed by atoms with E-state index < -0.39 is 0 Å². The van der Waals surface area contributed by atoms with E-state index in [1.807, 2.05) is 31.2 Å². The third kappa shape index (κ3) is 3.38. The second kappa shape index (κ2) is 8.10. The Bertz CT molecular complexity index is 1650. The number of aromatic nitrogens is 3. The number of hydrogen-bond acceptors (Lipinski definition) is 5. The lowest BCUT2D eigenvalue weighted by Crippen LogP contribution is -2.33. The number of aryl methyl sites for hydroxylation is 1. The van der Waals surface area contributed by atoms with Crippen molar-refractivity contribution in [1.82, 2.24) is 20.1 Å². The minimum Gasteiger partial charge on any atom is -0.352 e. The molecule has 0 unspecified atom stereocenters. The number of carbonyl (C=O) groups excluding carboxylic acids is 1. The van der Waals surface area contributed by atoms with Gasteiger partial charge < -0.3 is 5.32 Å². The fourth-order valence-electron chi connectivity index (χ4n) is 6.26. The summed E-state index contributed by atoms with van der Waals surface area (Å²) in [5.41, 5.74) is 5.16. The first-order valence-electron chi connectivity index (χ1n) is 13.3. The lowest BCUT2D eigenvalue weighted by molar-refractivity contribution is -0.124. The van der Waals surface area contributed by atoms with Gasteiger partial charge in [-0.3, -0.25) is 14.4 Å². The highest BCUT2D eigenvalue weighted by Crippen LogP contribution is 2.54. The summed E-state index contributed by atoms with van der Waals surface area (Å²) in [4.78, 5) is 20.1. The zero-order chi connectivity index (χ0) is 25.6. The lowest BCUT2D eigenvalue weighted by Gasteiger charge is -2.14. The fraction of sp³-hybridized carbons (Fsp3) is 0.333. The molecule has 3 heterocycles. The third-order valence-corrected chi connectivity index (χ3v) is 10.1. The van der Waals surface area contributed by atoms with Gasteiger partial charge in [0.25, 0.3) is 0 Å². The summed E-state index contributed by atoms with van der Waals surface area (Å²) in [5.74, 6) is 2.32. The first-order valence-corrected chi connectivity index (χ1v) is 14.5. The number of nitrogens with zero attached hydrogens (tertiary/aromatic N) is 4. The van der Waals surface area contributed by atoms with Crippen molar-refractivity contribution in [2.24, 2.45) is 10.9 Å². The van der Waals surface area contributed by atoms with E-state index in [1.165, 1.54) is 16.0 Å². The van der Waals surface area contributed by atoms with E-state index in [2.05, 4.69) is 50.4 Å². The van der Waals surface area contributed by atoms with Crippen LogP contribution in [0.15, 0.2) is 59.6 Å². The number of hydrogen-bond donors (Lipinski definition) is 1. The smallest absolute Gasteiger partial charge is 0.224 e. The van der Waals surface area contributed by atoms with Crippen molar-refractivity contribution in [2.45, 2.75) is 56.5 Å². The van der Waals surface area contributed by atoms with Gasteiger partial charge in [-0.05, 0) is 56.2 Å². The number of aliphatic imine (C=N–C) groups is 1. The minimum absolute atomic E-state index is 0.0642. The van der Waals surface area contributed by atoms with Crippen LogP contribution in [-0.4, -0.2) is 32.4 Å². The Morgan fingerprint density at radius 2 is 1.87 bits per heavy atom. The quantitative estimate of drug-likeness (QED) is 0.371. The molecule has 2 aromatic heterocycles. The Hall–Kier alpha value is -3.29. The maximum Gasteiger partial charge on any atom is 0.224 e. The molecule has 0 bridgehead atoms. The number of rotatable bonds is 4. The van der Waals surface area contributed by atoms with E-state index in [-0.39, 0.29) is 23.4 Å². The number of halogens is 1. The topological polar surface area (TPSA) is 72.2 Å². The predicted molar refractivity (Wildman–Crippen MR) is 149 cm³/mol. The van der Waals surface area contributed by atoms with Crippen molar-refractivity contribution < 1.29 is 4.79 Å². The van der Waals surface area contributed by atoms with Gasteiger partial charge in [0.05, 0.1) is 5.71 Å². The Labute approximate surface area is 229 Å².